The van der Waals surface area contributed by atoms with Crippen molar-refractivity contribution in [3.63, 3.8) is 0 Å². The van der Waals surface area contributed by atoms with Crippen molar-refractivity contribution < 1.29 is 4.39 Å². The van der Waals surface area contributed by atoms with Crippen LogP contribution in [0.15, 0.2) is 42.5 Å². The summed E-state index contributed by atoms with van der Waals surface area (Å²) in [5, 5.41) is 1.23. The van der Waals surface area contributed by atoms with Crippen LogP contribution in [-0.4, -0.2) is 6.04 Å². The first-order valence-electron chi connectivity index (χ1n) is 5.99. The van der Waals surface area contributed by atoms with Gasteiger partial charge in [0.2, 0.25) is 0 Å². The molecule has 1 nitrogen and oxygen atoms in total. The van der Waals surface area contributed by atoms with Gasteiger partial charge in [0.15, 0.2) is 0 Å². The Kier molecular flexibility index (Phi) is 4.81. The Balaban J connectivity index is 2.07. The van der Waals surface area contributed by atoms with Crippen molar-refractivity contribution in [1.29, 1.82) is 0 Å². The maximum Gasteiger partial charge on any atom is 0.123 e. The molecule has 100 valence electrons. The molecule has 0 amide bonds. The van der Waals surface area contributed by atoms with E-state index >= 15 is 0 Å². The first-order valence-corrected chi connectivity index (χ1v) is 6.75. The molecular formula is C15H14Cl2FN. The van der Waals surface area contributed by atoms with Gasteiger partial charge in [-0.1, -0.05) is 41.4 Å². The smallest absolute Gasteiger partial charge is 0.123 e. The van der Waals surface area contributed by atoms with Crippen LogP contribution in [0, 0.1) is 5.82 Å². The minimum atomic E-state index is -0.250. The Hall–Kier alpha value is -1.09. The summed E-state index contributed by atoms with van der Waals surface area (Å²) in [4.78, 5) is 0. The van der Waals surface area contributed by atoms with Gasteiger partial charge < -0.3 is 5.73 Å². The van der Waals surface area contributed by atoms with Crippen molar-refractivity contribution in [2.45, 2.75) is 18.9 Å². The van der Waals surface area contributed by atoms with Gasteiger partial charge in [0, 0.05) is 16.1 Å². The molecule has 1 atom stereocenters. The van der Waals surface area contributed by atoms with Crippen molar-refractivity contribution in [1.82, 2.24) is 0 Å². The average Bonchev–Trinajstić information content (AvgIpc) is 2.34. The molecule has 2 N–H and O–H groups in total. The highest BCUT2D eigenvalue weighted by Crippen LogP contribution is 2.25. The van der Waals surface area contributed by atoms with Gasteiger partial charge in [-0.15, -0.1) is 0 Å². The van der Waals surface area contributed by atoms with Gasteiger partial charge in [-0.25, -0.2) is 4.39 Å². The Labute approximate surface area is 122 Å². The molecule has 2 rings (SSSR count). The third-order valence-corrected chi connectivity index (χ3v) is 3.62. The number of hydrogen-bond donors (Lipinski definition) is 1. The highest BCUT2D eigenvalue weighted by Gasteiger charge is 2.11. The summed E-state index contributed by atoms with van der Waals surface area (Å²) in [7, 11) is 0. The van der Waals surface area contributed by atoms with E-state index in [1.807, 2.05) is 6.07 Å². The number of hydrogen-bond acceptors (Lipinski definition) is 1. The van der Waals surface area contributed by atoms with Crippen molar-refractivity contribution in [3.05, 3.63) is 69.5 Å². The van der Waals surface area contributed by atoms with E-state index in [-0.39, 0.29) is 11.9 Å². The number of rotatable bonds is 4. The minimum absolute atomic E-state index is 0.154. The Bertz CT molecular complexity index is 552. The summed E-state index contributed by atoms with van der Waals surface area (Å²) in [6.07, 6.45) is 1.15. The van der Waals surface area contributed by atoms with Crippen molar-refractivity contribution in [2.75, 3.05) is 0 Å². The predicted molar refractivity (Wildman–Crippen MR) is 78.2 cm³/mol. The molecule has 0 aliphatic rings. The normalized spacial score (nSPS) is 12.4. The molecule has 0 aliphatic carbocycles. The van der Waals surface area contributed by atoms with Gasteiger partial charge in [-0.3, -0.25) is 0 Å². The lowest BCUT2D eigenvalue weighted by molar-refractivity contribution is 0.618. The zero-order valence-electron chi connectivity index (χ0n) is 10.2. The third-order valence-electron chi connectivity index (χ3n) is 2.91. The van der Waals surface area contributed by atoms with E-state index < -0.39 is 0 Å². The lowest BCUT2D eigenvalue weighted by Gasteiger charge is -2.14. The minimum Gasteiger partial charge on any atom is -0.327 e. The molecule has 4 heteroatoms. The number of benzene rings is 2. The quantitative estimate of drug-likeness (QED) is 0.897. The van der Waals surface area contributed by atoms with Crippen molar-refractivity contribution in [3.8, 4) is 0 Å². The summed E-state index contributed by atoms with van der Waals surface area (Å²) < 4.78 is 13.1. The van der Waals surface area contributed by atoms with Crippen LogP contribution in [-0.2, 0) is 12.8 Å². The molecule has 0 radical (unpaired) electrons. The van der Waals surface area contributed by atoms with Gasteiger partial charge in [-0.05, 0) is 48.2 Å². The second kappa shape index (κ2) is 6.38. The first kappa shape index (κ1) is 14.3. The van der Waals surface area contributed by atoms with Crippen LogP contribution in [0.1, 0.15) is 11.1 Å². The van der Waals surface area contributed by atoms with Crippen LogP contribution in [0.25, 0.3) is 0 Å². The molecule has 19 heavy (non-hydrogen) atoms. The Morgan fingerprint density at radius 2 is 1.63 bits per heavy atom. The summed E-state index contributed by atoms with van der Waals surface area (Å²) in [5.74, 6) is -0.250. The molecule has 1 unspecified atom stereocenters. The summed E-state index contributed by atoms with van der Waals surface area (Å²) in [6, 6.07) is 11.7. The molecule has 0 saturated heterocycles. The summed E-state index contributed by atoms with van der Waals surface area (Å²) in [6.45, 7) is 0. The topological polar surface area (TPSA) is 26.0 Å². The number of nitrogens with two attached hydrogens (primary N) is 1. The second-order valence-electron chi connectivity index (χ2n) is 4.50. The maximum absolute atomic E-state index is 13.1. The largest absolute Gasteiger partial charge is 0.327 e. The average molecular weight is 298 g/mol. The van der Waals surface area contributed by atoms with Gasteiger partial charge in [0.25, 0.3) is 0 Å². The van der Waals surface area contributed by atoms with Crippen LogP contribution in [0.5, 0.6) is 0 Å². The fraction of sp³-hybridized carbons (Fsp3) is 0.200. The molecule has 2 aromatic rings. The van der Waals surface area contributed by atoms with Gasteiger partial charge >= 0.3 is 0 Å². The van der Waals surface area contributed by atoms with E-state index in [1.165, 1.54) is 12.1 Å². The van der Waals surface area contributed by atoms with Gasteiger partial charge in [0.05, 0.1) is 0 Å². The monoisotopic (exact) mass is 297 g/mol. The van der Waals surface area contributed by atoms with Crippen LogP contribution in [0.4, 0.5) is 4.39 Å². The number of halogens is 3. The van der Waals surface area contributed by atoms with E-state index in [0.29, 0.717) is 22.9 Å². The molecule has 2 aromatic carbocycles. The first-order chi connectivity index (χ1) is 9.06. The highest BCUT2D eigenvalue weighted by atomic mass is 35.5. The molecule has 0 saturated carbocycles. The second-order valence-corrected chi connectivity index (χ2v) is 5.31. The van der Waals surface area contributed by atoms with E-state index in [1.54, 1.807) is 24.3 Å². The summed E-state index contributed by atoms with van der Waals surface area (Å²) >= 11 is 12.2. The lowest BCUT2D eigenvalue weighted by Crippen LogP contribution is -2.25. The van der Waals surface area contributed by atoms with Crippen LogP contribution >= 0.6 is 23.2 Å². The fourth-order valence-electron chi connectivity index (χ4n) is 2.03. The molecule has 0 heterocycles. The predicted octanol–water partition coefficient (Wildman–Crippen LogP) is 4.25. The van der Waals surface area contributed by atoms with E-state index in [9.17, 15) is 4.39 Å². The zero-order valence-corrected chi connectivity index (χ0v) is 11.8. The maximum atomic E-state index is 13.1. The fourth-order valence-corrected chi connectivity index (χ4v) is 2.58. The zero-order chi connectivity index (χ0) is 13.8. The molecule has 0 aliphatic heterocycles. The van der Waals surface area contributed by atoms with Crippen molar-refractivity contribution >= 4 is 23.2 Å². The third kappa shape index (κ3) is 3.93. The van der Waals surface area contributed by atoms with E-state index in [2.05, 4.69) is 0 Å². The highest BCUT2D eigenvalue weighted by molar-refractivity contribution is 6.36. The summed E-state index contributed by atoms with van der Waals surface area (Å²) in [5.41, 5.74) is 7.80. The van der Waals surface area contributed by atoms with Crippen LogP contribution < -0.4 is 5.73 Å². The Morgan fingerprint density at radius 1 is 1.00 bits per heavy atom. The molecular weight excluding hydrogens is 284 g/mol. The van der Waals surface area contributed by atoms with Crippen LogP contribution in [0.2, 0.25) is 10.0 Å². The molecule has 0 fully saturated rings. The molecule has 0 bridgehead atoms. The molecule has 0 aromatic heterocycles. The van der Waals surface area contributed by atoms with Gasteiger partial charge in [0.1, 0.15) is 5.82 Å². The van der Waals surface area contributed by atoms with E-state index in [0.717, 1.165) is 11.1 Å². The standard InChI is InChI=1S/C15H14Cl2FN/c16-14-5-2-6-15(17)13(14)9-12(19)8-10-3-1-4-11(18)7-10/h1-7,12H,8-9,19H2. The Morgan fingerprint density at radius 3 is 2.26 bits per heavy atom. The lowest BCUT2D eigenvalue weighted by atomic mass is 9.99. The van der Waals surface area contributed by atoms with Crippen LogP contribution in [0.3, 0.4) is 0 Å². The van der Waals surface area contributed by atoms with E-state index in [4.69, 9.17) is 28.9 Å². The molecule has 0 spiro atoms. The van der Waals surface area contributed by atoms with Gasteiger partial charge in [-0.2, -0.15) is 0 Å². The SMILES string of the molecule is NC(Cc1cccc(F)c1)Cc1c(Cl)cccc1Cl. The van der Waals surface area contributed by atoms with Crippen molar-refractivity contribution in [2.24, 2.45) is 5.73 Å².